The van der Waals surface area contributed by atoms with Crippen LogP contribution in [0, 0.1) is 0 Å². The number of methoxy groups -OCH3 is 1. The number of hydrogen-bond donors (Lipinski definition) is 0. The highest BCUT2D eigenvalue weighted by molar-refractivity contribution is 5.67. The van der Waals surface area contributed by atoms with Gasteiger partial charge in [0.2, 0.25) is 5.88 Å². The standard InChI is InChI=1S/C21H20N4O2/c1-14(2)27-17-7-4-6-15(12-17)16-10-11-19-23-24-21(25(19)13-16)18-8-5-9-20(22-18)26-3/h4-14H,1-3H3. The number of aromatic nitrogens is 4. The van der Waals surface area contributed by atoms with Crippen molar-refractivity contribution in [2.75, 3.05) is 7.11 Å². The molecule has 4 rings (SSSR count). The lowest BCUT2D eigenvalue weighted by Crippen LogP contribution is -2.05. The molecule has 0 fully saturated rings. The number of rotatable bonds is 5. The second-order valence-corrected chi connectivity index (χ2v) is 6.43. The Labute approximate surface area is 157 Å². The number of ether oxygens (including phenoxy) is 2. The van der Waals surface area contributed by atoms with Crippen molar-refractivity contribution in [2.24, 2.45) is 0 Å². The van der Waals surface area contributed by atoms with Gasteiger partial charge in [0.05, 0.1) is 13.2 Å². The van der Waals surface area contributed by atoms with Crippen LogP contribution in [0.2, 0.25) is 0 Å². The van der Waals surface area contributed by atoms with Crippen LogP contribution in [0.4, 0.5) is 0 Å². The Balaban J connectivity index is 1.78. The molecule has 136 valence electrons. The van der Waals surface area contributed by atoms with Gasteiger partial charge in [0.25, 0.3) is 0 Å². The molecule has 6 nitrogen and oxygen atoms in total. The van der Waals surface area contributed by atoms with Crippen LogP contribution in [0.3, 0.4) is 0 Å². The van der Waals surface area contributed by atoms with Gasteiger partial charge in [0.1, 0.15) is 11.4 Å². The maximum Gasteiger partial charge on any atom is 0.213 e. The van der Waals surface area contributed by atoms with E-state index in [4.69, 9.17) is 9.47 Å². The smallest absolute Gasteiger partial charge is 0.213 e. The summed E-state index contributed by atoms with van der Waals surface area (Å²) in [6.07, 6.45) is 2.15. The third-order valence-electron chi connectivity index (χ3n) is 4.10. The van der Waals surface area contributed by atoms with E-state index in [9.17, 15) is 0 Å². The van der Waals surface area contributed by atoms with E-state index in [1.54, 1.807) is 13.2 Å². The van der Waals surface area contributed by atoms with E-state index in [0.717, 1.165) is 22.5 Å². The van der Waals surface area contributed by atoms with E-state index in [1.807, 2.05) is 66.9 Å². The maximum absolute atomic E-state index is 5.81. The third kappa shape index (κ3) is 3.46. The molecule has 0 aliphatic carbocycles. The highest BCUT2D eigenvalue weighted by atomic mass is 16.5. The van der Waals surface area contributed by atoms with E-state index in [0.29, 0.717) is 17.4 Å². The summed E-state index contributed by atoms with van der Waals surface area (Å²) in [5.74, 6) is 2.06. The molecular formula is C21H20N4O2. The summed E-state index contributed by atoms with van der Waals surface area (Å²) in [4.78, 5) is 4.47. The molecule has 27 heavy (non-hydrogen) atoms. The molecule has 0 spiro atoms. The van der Waals surface area contributed by atoms with Gasteiger partial charge < -0.3 is 9.47 Å². The van der Waals surface area contributed by atoms with Gasteiger partial charge in [-0.25, -0.2) is 4.98 Å². The van der Waals surface area contributed by atoms with Gasteiger partial charge in [-0.05, 0) is 55.3 Å². The fourth-order valence-corrected chi connectivity index (χ4v) is 2.91. The Bertz CT molecular complexity index is 1090. The van der Waals surface area contributed by atoms with Crippen LogP contribution < -0.4 is 9.47 Å². The molecule has 0 saturated carbocycles. The van der Waals surface area contributed by atoms with E-state index in [2.05, 4.69) is 21.2 Å². The highest BCUT2D eigenvalue weighted by Crippen LogP contribution is 2.26. The van der Waals surface area contributed by atoms with E-state index >= 15 is 0 Å². The van der Waals surface area contributed by atoms with Gasteiger partial charge in [-0.3, -0.25) is 4.40 Å². The Hall–Kier alpha value is -3.41. The molecular weight excluding hydrogens is 340 g/mol. The summed E-state index contributed by atoms with van der Waals surface area (Å²) in [6.45, 7) is 4.03. The molecule has 0 amide bonds. The molecule has 0 saturated heterocycles. The third-order valence-corrected chi connectivity index (χ3v) is 4.10. The second kappa shape index (κ2) is 7.07. The summed E-state index contributed by atoms with van der Waals surface area (Å²) >= 11 is 0. The van der Waals surface area contributed by atoms with Crippen molar-refractivity contribution in [3.05, 3.63) is 60.8 Å². The van der Waals surface area contributed by atoms with E-state index < -0.39 is 0 Å². The summed E-state index contributed by atoms with van der Waals surface area (Å²) in [5, 5.41) is 8.55. The Morgan fingerprint density at radius 1 is 0.926 bits per heavy atom. The molecule has 0 bridgehead atoms. The SMILES string of the molecule is COc1cccc(-c2nnc3ccc(-c4cccc(OC(C)C)c4)cn23)n1. The van der Waals surface area contributed by atoms with Crippen LogP contribution in [0.15, 0.2) is 60.8 Å². The first kappa shape index (κ1) is 17.0. The van der Waals surface area contributed by atoms with Crippen molar-refractivity contribution in [3.8, 4) is 34.3 Å². The molecule has 0 radical (unpaired) electrons. The first-order chi connectivity index (χ1) is 13.1. The molecule has 0 aliphatic heterocycles. The van der Waals surface area contributed by atoms with E-state index in [1.165, 1.54) is 0 Å². The summed E-state index contributed by atoms with van der Waals surface area (Å²) in [7, 11) is 1.60. The fourth-order valence-electron chi connectivity index (χ4n) is 2.91. The van der Waals surface area contributed by atoms with Crippen LogP contribution in [-0.4, -0.2) is 32.8 Å². The van der Waals surface area contributed by atoms with Crippen molar-refractivity contribution in [3.63, 3.8) is 0 Å². The van der Waals surface area contributed by atoms with Crippen molar-refractivity contribution in [2.45, 2.75) is 20.0 Å². The largest absolute Gasteiger partial charge is 0.491 e. The number of hydrogen-bond acceptors (Lipinski definition) is 5. The molecule has 0 unspecified atom stereocenters. The molecule has 1 aromatic carbocycles. The Kier molecular flexibility index (Phi) is 4.46. The molecule has 3 heterocycles. The predicted molar refractivity (Wildman–Crippen MR) is 104 cm³/mol. The van der Waals surface area contributed by atoms with Crippen LogP contribution >= 0.6 is 0 Å². The zero-order chi connectivity index (χ0) is 18.8. The molecule has 6 heteroatoms. The molecule has 0 atom stereocenters. The molecule has 0 N–H and O–H groups in total. The monoisotopic (exact) mass is 360 g/mol. The minimum absolute atomic E-state index is 0.131. The first-order valence-electron chi connectivity index (χ1n) is 8.77. The summed E-state index contributed by atoms with van der Waals surface area (Å²) < 4.78 is 13.0. The number of nitrogens with zero attached hydrogens (tertiary/aromatic N) is 4. The van der Waals surface area contributed by atoms with Crippen molar-refractivity contribution in [1.82, 2.24) is 19.6 Å². The zero-order valence-electron chi connectivity index (χ0n) is 15.5. The lowest BCUT2D eigenvalue weighted by molar-refractivity contribution is 0.242. The molecule has 0 aliphatic rings. The normalized spacial score (nSPS) is 11.1. The highest BCUT2D eigenvalue weighted by Gasteiger charge is 2.12. The fraction of sp³-hybridized carbons (Fsp3) is 0.190. The number of pyridine rings is 2. The van der Waals surface area contributed by atoms with Gasteiger partial charge in [-0.1, -0.05) is 18.2 Å². The van der Waals surface area contributed by atoms with Gasteiger partial charge >= 0.3 is 0 Å². The van der Waals surface area contributed by atoms with Crippen LogP contribution in [0.1, 0.15) is 13.8 Å². The number of benzene rings is 1. The minimum Gasteiger partial charge on any atom is -0.491 e. The zero-order valence-corrected chi connectivity index (χ0v) is 15.5. The Morgan fingerprint density at radius 2 is 1.78 bits per heavy atom. The molecule has 3 aromatic heterocycles. The van der Waals surface area contributed by atoms with Crippen molar-refractivity contribution >= 4 is 5.65 Å². The van der Waals surface area contributed by atoms with Crippen LogP contribution in [0.25, 0.3) is 28.3 Å². The van der Waals surface area contributed by atoms with Gasteiger partial charge in [-0.2, -0.15) is 0 Å². The minimum atomic E-state index is 0.131. The Morgan fingerprint density at radius 3 is 2.59 bits per heavy atom. The number of fused-ring (bicyclic) bond motifs is 1. The molecule has 4 aromatic rings. The van der Waals surface area contributed by atoms with Crippen molar-refractivity contribution < 1.29 is 9.47 Å². The van der Waals surface area contributed by atoms with Gasteiger partial charge in [0, 0.05) is 12.3 Å². The summed E-state index contributed by atoms with van der Waals surface area (Å²) in [6, 6.07) is 17.6. The topological polar surface area (TPSA) is 61.5 Å². The van der Waals surface area contributed by atoms with E-state index in [-0.39, 0.29) is 6.10 Å². The van der Waals surface area contributed by atoms with Gasteiger partial charge in [0.15, 0.2) is 11.5 Å². The maximum atomic E-state index is 5.81. The lowest BCUT2D eigenvalue weighted by Gasteiger charge is -2.11. The second-order valence-electron chi connectivity index (χ2n) is 6.43. The van der Waals surface area contributed by atoms with Gasteiger partial charge in [-0.15, -0.1) is 10.2 Å². The lowest BCUT2D eigenvalue weighted by atomic mass is 10.1. The van der Waals surface area contributed by atoms with Crippen molar-refractivity contribution in [1.29, 1.82) is 0 Å². The summed E-state index contributed by atoms with van der Waals surface area (Å²) in [5.41, 5.74) is 3.57. The average Bonchev–Trinajstić information content (AvgIpc) is 3.11. The quantitative estimate of drug-likeness (QED) is 0.532. The average molecular weight is 360 g/mol. The van der Waals surface area contributed by atoms with Crippen LogP contribution in [0.5, 0.6) is 11.6 Å². The first-order valence-corrected chi connectivity index (χ1v) is 8.77. The predicted octanol–water partition coefficient (Wildman–Crippen LogP) is 4.25. The van der Waals surface area contributed by atoms with Crippen LogP contribution in [-0.2, 0) is 0 Å².